The van der Waals surface area contributed by atoms with E-state index in [-0.39, 0.29) is 0 Å². The van der Waals surface area contributed by atoms with Gasteiger partial charge in [0, 0.05) is 0 Å². The molecule has 1 rings (SSSR count). The third-order valence-corrected chi connectivity index (χ3v) is 2.67. The van der Waals surface area contributed by atoms with Crippen LogP contribution in [0.3, 0.4) is 0 Å². The molecule has 8 heteroatoms. The predicted molar refractivity (Wildman–Crippen MR) is 72.3 cm³/mol. The van der Waals surface area contributed by atoms with Gasteiger partial charge in [-0.1, -0.05) is 12.2 Å². The van der Waals surface area contributed by atoms with E-state index in [2.05, 4.69) is 4.74 Å². The molecule has 0 saturated heterocycles. The van der Waals surface area contributed by atoms with Crippen LogP contribution < -0.4 is 0 Å². The molecule has 2 unspecified atom stereocenters. The molecule has 0 saturated carbocycles. The SMILES string of the molecule is COC(=O)C1C=CC(C)N(C(=O)OC(C)(C)C)N1C(=O)O. The molecule has 8 nitrogen and oxygen atoms in total. The number of amides is 2. The number of nitrogens with zero attached hydrogens (tertiary/aromatic N) is 2. The average Bonchev–Trinajstić information content (AvgIpc) is 2.34. The van der Waals surface area contributed by atoms with E-state index in [0.29, 0.717) is 5.01 Å². The maximum absolute atomic E-state index is 12.2. The third kappa shape index (κ3) is 3.87. The second kappa shape index (κ2) is 6.02. The van der Waals surface area contributed by atoms with Crippen LogP contribution in [0.4, 0.5) is 9.59 Å². The molecule has 2 atom stereocenters. The van der Waals surface area contributed by atoms with Crippen molar-refractivity contribution in [3.63, 3.8) is 0 Å². The van der Waals surface area contributed by atoms with E-state index in [0.717, 1.165) is 12.1 Å². The molecule has 21 heavy (non-hydrogen) atoms. The van der Waals surface area contributed by atoms with Crippen molar-refractivity contribution in [2.45, 2.75) is 45.4 Å². The van der Waals surface area contributed by atoms with Gasteiger partial charge in [0.05, 0.1) is 13.2 Å². The number of ether oxygens (including phenoxy) is 2. The Kier molecular flexibility index (Phi) is 4.82. The summed E-state index contributed by atoms with van der Waals surface area (Å²) in [6.45, 7) is 6.61. The minimum Gasteiger partial charge on any atom is -0.467 e. The number of hydrogen-bond acceptors (Lipinski definition) is 5. The summed E-state index contributed by atoms with van der Waals surface area (Å²) in [4.78, 5) is 35.3. The molecule has 2 amide bonds. The molecule has 0 aromatic rings. The third-order valence-electron chi connectivity index (χ3n) is 2.67. The van der Waals surface area contributed by atoms with E-state index in [1.165, 1.54) is 6.08 Å². The van der Waals surface area contributed by atoms with Gasteiger partial charge in [-0.15, -0.1) is 0 Å². The van der Waals surface area contributed by atoms with Gasteiger partial charge in [-0.3, -0.25) is 0 Å². The van der Waals surface area contributed by atoms with Crippen LogP contribution in [0, 0.1) is 0 Å². The highest BCUT2D eigenvalue weighted by Gasteiger charge is 2.42. The van der Waals surface area contributed by atoms with E-state index in [9.17, 15) is 19.5 Å². The van der Waals surface area contributed by atoms with Gasteiger partial charge in [-0.25, -0.2) is 19.4 Å². The van der Waals surface area contributed by atoms with Crippen molar-refractivity contribution in [2.24, 2.45) is 0 Å². The topological polar surface area (TPSA) is 96.4 Å². The fraction of sp³-hybridized carbons (Fsp3) is 0.615. The summed E-state index contributed by atoms with van der Waals surface area (Å²) in [5.74, 6) is -0.783. The van der Waals surface area contributed by atoms with Crippen LogP contribution in [0.2, 0.25) is 0 Å². The minimum atomic E-state index is -1.45. The van der Waals surface area contributed by atoms with Crippen LogP contribution in [-0.2, 0) is 14.3 Å². The van der Waals surface area contributed by atoms with E-state index >= 15 is 0 Å². The number of carbonyl (C=O) groups excluding carboxylic acids is 2. The van der Waals surface area contributed by atoms with E-state index in [1.54, 1.807) is 33.8 Å². The highest BCUT2D eigenvalue weighted by Crippen LogP contribution is 2.22. The van der Waals surface area contributed by atoms with Crippen LogP contribution in [0.5, 0.6) is 0 Å². The lowest BCUT2D eigenvalue weighted by Crippen LogP contribution is -2.61. The van der Waals surface area contributed by atoms with Gasteiger partial charge >= 0.3 is 18.2 Å². The maximum Gasteiger partial charge on any atom is 0.430 e. The number of methoxy groups -OCH3 is 1. The average molecular weight is 300 g/mol. The monoisotopic (exact) mass is 300 g/mol. The number of carbonyl (C=O) groups is 3. The first-order chi connectivity index (χ1) is 9.58. The van der Waals surface area contributed by atoms with Gasteiger partial charge < -0.3 is 14.6 Å². The van der Waals surface area contributed by atoms with Gasteiger partial charge in [0.1, 0.15) is 5.60 Å². The second-order valence-electron chi connectivity index (χ2n) is 5.55. The smallest absolute Gasteiger partial charge is 0.430 e. The Morgan fingerprint density at radius 3 is 2.14 bits per heavy atom. The van der Waals surface area contributed by atoms with Crippen LogP contribution in [0.25, 0.3) is 0 Å². The normalized spacial score (nSPS) is 22.0. The largest absolute Gasteiger partial charge is 0.467 e. The van der Waals surface area contributed by atoms with Crippen molar-refractivity contribution in [2.75, 3.05) is 7.11 Å². The number of hydrogen-bond donors (Lipinski definition) is 1. The zero-order chi connectivity index (χ0) is 16.4. The van der Waals surface area contributed by atoms with E-state index < -0.39 is 35.8 Å². The van der Waals surface area contributed by atoms with Gasteiger partial charge in [-0.2, -0.15) is 5.01 Å². The fourth-order valence-electron chi connectivity index (χ4n) is 1.83. The highest BCUT2D eigenvalue weighted by molar-refractivity contribution is 5.85. The summed E-state index contributed by atoms with van der Waals surface area (Å²) in [6, 6.07) is -1.80. The van der Waals surface area contributed by atoms with Crippen molar-refractivity contribution < 1.29 is 29.0 Å². The van der Waals surface area contributed by atoms with Crippen molar-refractivity contribution in [3.8, 4) is 0 Å². The number of hydrazine groups is 1. The van der Waals surface area contributed by atoms with Crippen LogP contribution in [0.15, 0.2) is 12.2 Å². The summed E-state index contributed by atoms with van der Waals surface area (Å²) in [5, 5.41) is 10.8. The molecule has 1 aliphatic rings. The summed E-state index contributed by atoms with van der Waals surface area (Å²) in [7, 11) is 1.14. The standard InChI is InChI=1S/C13H20N2O6/c1-8-6-7-9(10(16)20-5)15(11(17)18)14(8)12(19)21-13(2,3)4/h6-9H,1-5H3,(H,17,18). The first-order valence-electron chi connectivity index (χ1n) is 6.39. The summed E-state index contributed by atoms with van der Waals surface area (Å²) in [6.07, 6.45) is 0.624. The Labute approximate surface area is 122 Å². The first kappa shape index (κ1) is 16.8. The van der Waals surface area contributed by atoms with Gasteiger partial charge in [0.2, 0.25) is 0 Å². The lowest BCUT2D eigenvalue weighted by molar-refractivity contribution is -0.151. The molecule has 0 radical (unpaired) electrons. The quantitative estimate of drug-likeness (QED) is 0.584. The molecule has 0 bridgehead atoms. The number of carboxylic acid groups (broad SMARTS) is 1. The second-order valence-corrected chi connectivity index (χ2v) is 5.55. The Balaban J connectivity index is 3.15. The maximum atomic E-state index is 12.2. The van der Waals surface area contributed by atoms with Gasteiger partial charge in [-0.05, 0) is 27.7 Å². The summed E-state index contributed by atoms with van der Waals surface area (Å²) in [5.41, 5.74) is -0.789. The van der Waals surface area contributed by atoms with Crippen molar-refractivity contribution in [1.29, 1.82) is 0 Å². The van der Waals surface area contributed by atoms with Crippen molar-refractivity contribution in [3.05, 3.63) is 12.2 Å². The Hall–Kier alpha value is -2.25. The number of rotatable bonds is 1. The molecule has 1 aliphatic heterocycles. The predicted octanol–water partition coefficient (Wildman–Crippen LogP) is 1.62. The Morgan fingerprint density at radius 1 is 1.14 bits per heavy atom. The van der Waals surface area contributed by atoms with Gasteiger partial charge in [0.15, 0.2) is 6.04 Å². The van der Waals surface area contributed by atoms with Crippen LogP contribution in [-0.4, -0.2) is 58.1 Å². The summed E-state index contributed by atoms with van der Waals surface area (Å²) >= 11 is 0. The zero-order valence-corrected chi connectivity index (χ0v) is 12.7. The Bertz CT molecular complexity index is 468. The molecular formula is C13H20N2O6. The minimum absolute atomic E-state index is 0.572. The van der Waals surface area contributed by atoms with Gasteiger partial charge in [0.25, 0.3) is 0 Å². The fourth-order valence-corrected chi connectivity index (χ4v) is 1.83. The van der Waals surface area contributed by atoms with E-state index in [1.807, 2.05) is 0 Å². The van der Waals surface area contributed by atoms with Crippen molar-refractivity contribution >= 4 is 18.2 Å². The summed E-state index contributed by atoms with van der Waals surface area (Å²) < 4.78 is 9.75. The lowest BCUT2D eigenvalue weighted by atomic mass is 10.1. The van der Waals surface area contributed by atoms with E-state index in [4.69, 9.17) is 4.74 Å². The first-order valence-corrected chi connectivity index (χ1v) is 6.39. The van der Waals surface area contributed by atoms with Crippen LogP contribution in [0.1, 0.15) is 27.7 Å². The molecular weight excluding hydrogens is 280 g/mol. The lowest BCUT2D eigenvalue weighted by Gasteiger charge is -2.41. The molecule has 0 aromatic heterocycles. The molecule has 0 aliphatic carbocycles. The molecule has 1 N–H and O–H groups in total. The zero-order valence-electron chi connectivity index (χ0n) is 12.7. The molecule has 0 spiro atoms. The van der Waals surface area contributed by atoms with Crippen molar-refractivity contribution in [1.82, 2.24) is 10.0 Å². The highest BCUT2D eigenvalue weighted by atomic mass is 16.6. The molecule has 0 fully saturated rings. The number of esters is 1. The van der Waals surface area contributed by atoms with Crippen LogP contribution >= 0.6 is 0 Å². The molecule has 1 heterocycles. The Morgan fingerprint density at radius 2 is 1.71 bits per heavy atom. The molecule has 0 aromatic carbocycles. The molecule has 118 valence electrons.